The summed E-state index contributed by atoms with van der Waals surface area (Å²) in [5.41, 5.74) is 2.43. The Balaban J connectivity index is 1.66. The summed E-state index contributed by atoms with van der Waals surface area (Å²) in [6.45, 7) is 6.80. The molecule has 6 nitrogen and oxygen atoms in total. The molecule has 0 N–H and O–H groups in total. The van der Waals surface area contributed by atoms with Gasteiger partial charge in [-0.15, -0.1) is 0 Å². The summed E-state index contributed by atoms with van der Waals surface area (Å²) in [7, 11) is 0. The predicted molar refractivity (Wildman–Crippen MR) is 170 cm³/mol. The first-order valence-electron chi connectivity index (χ1n) is 14.7. The third kappa shape index (κ3) is 8.02. The number of hydrogen-bond acceptors (Lipinski definition) is 5. The second-order valence-corrected chi connectivity index (χ2v) is 11.8. The Kier molecular flexibility index (Phi) is 11.6. The molecule has 0 saturated carbocycles. The van der Waals surface area contributed by atoms with Crippen molar-refractivity contribution in [3.63, 3.8) is 0 Å². The molecule has 1 fully saturated rings. The number of carbonyl (C=O) groups excluding carboxylic acids is 2. The van der Waals surface area contributed by atoms with Crippen LogP contribution in [0.1, 0.15) is 82.6 Å². The molecule has 42 heavy (non-hydrogen) atoms. The lowest BCUT2D eigenvalue weighted by Crippen LogP contribution is -2.55. The first-order chi connectivity index (χ1) is 20.3. The fourth-order valence-corrected chi connectivity index (χ4v) is 5.57. The molecule has 0 bridgehead atoms. The van der Waals surface area contributed by atoms with Crippen molar-refractivity contribution in [1.29, 1.82) is 0 Å². The summed E-state index contributed by atoms with van der Waals surface area (Å²) in [6.07, 6.45) is 4.23. The Morgan fingerprint density at radius 2 is 1.62 bits per heavy atom. The summed E-state index contributed by atoms with van der Waals surface area (Å²) < 4.78 is 32.6. The van der Waals surface area contributed by atoms with Crippen molar-refractivity contribution >= 4 is 40.2 Å². The van der Waals surface area contributed by atoms with E-state index in [1.807, 2.05) is 47.4 Å². The SMILES string of the molecule is CCCCOc1ccc([C@@H]2C(CC[C@H](OC(C)=O)c3ccc(F)cc3)C(=O)N2c2ccc(I)cc2)c(OCCCC)c1. The van der Waals surface area contributed by atoms with Gasteiger partial charge in [-0.25, -0.2) is 4.39 Å². The van der Waals surface area contributed by atoms with Crippen LogP contribution in [0.4, 0.5) is 10.1 Å². The number of unbranched alkanes of at least 4 members (excludes halogenated alkanes) is 2. The Bertz CT molecular complexity index is 1330. The molecule has 0 spiro atoms. The van der Waals surface area contributed by atoms with Crippen LogP contribution in [0.2, 0.25) is 0 Å². The fraction of sp³-hybridized carbons (Fsp3) is 0.412. The second-order valence-electron chi connectivity index (χ2n) is 10.6. The normalized spacial score (nSPS) is 17.0. The minimum absolute atomic E-state index is 0.00432. The minimum Gasteiger partial charge on any atom is -0.493 e. The van der Waals surface area contributed by atoms with E-state index in [-0.39, 0.29) is 23.7 Å². The van der Waals surface area contributed by atoms with Crippen LogP contribution < -0.4 is 14.4 Å². The van der Waals surface area contributed by atoms with Gasteiger partial charge in [-0.1, -0.05) is 38.8 Å². The Labute approximate surface area is 261 Å². The van der Waals surface area contributed by atoms with Crippen LogP contribution in [-0.2, 0) is 14.3 Å². The molecule has 1 unspecified atom stereocenters. The lowest BCUT2D eigenvalue weighted by molar-refractivity contribution is -0.147. The zero-order valence-corrected chi connectivity index (χ0v) is 26.6. The molecule has 3 aromatic rings. The molecule has 1 aliphatic rings. The molecule has 1 heterocycles. The number of rotatable bonds is 15. The minimum atomic E-state index is -0.585. The van der Waals surface area contributed by atoms with Crippen molar-refractivity contribution in [2.75, 3.05) is 18.1 Å². The van der Waals surface area contributed by atoms with Crippen LogP contribution in [0.15, 0.2) is 66.7 Å². The van der Waals surface area contributed by atoms with Gasteiger partial charge in [0.2, 0.25) is 5.91 Å². The summed E-state index contributed by atoms with van der Waals surface area (Å²) in [4.78, 5) is 27.5. The zero-order chi connectivity index (χ0) is 30.1. The van der Waals surface area contributed by atoms with Gasteiger partial charge in [0, 0.05) is 27.8 Å². The first-order valence-corrected chi connectivity index (χ1v) is 15.8. The monoisotopic (exact) mass is 687 g/mol. The average molecular weight is 688 g/mol. The highest BCUT2D eigenvalue weighted by Gasteiger charge is 2.49. The highest BCUT2D eigenvalue weighted by Crippen LogP contribution is 2.49. The molecule has 8 heteroatoms. The van der Waals surface area contributed by atoms with E-state index in [1.54, 1.807) is 12.1 Å². The van der Waals surface area contributed by atoms with E-state index in [2.05, 4.69) is 36.4 Å². The number of ether oxygens (including phenoxy) is 3. The zero-order valence-electron chi connectivity index (χ0n) is 24.5. The van der Waals surface area contributed by atoms with Gasteiger partial charge in [0.25, 0.3) is 0 Å². The summed E-state index contributed by atoms with van der Waals surface area (Å²) in [6, 6.07) is 19.5. The maximum Gasteiger partial charge on any atom is 0.303 e. The molecule has 1 aliphatic heterocycles. The van der Waals surface area contributed by atoms with E-state index in [9.17, 15) is 14.0 Å². The third-order valence-electron chi connectivity index (χ3n) is 7.43. The number of amides is 1. The number of hydrogen-bond donors (Lipinski definition) is 0. The molecule has 0 radical (unpaired) electrons. The number of benzene rings is 3. The number of halogens is 2. The lowest BCUT2D eigenvalue weighted by atomic mass is 9.78. The van der Waals surface area contributed by atoms with Crippen molar-refractivity contribution in [2.24, 2.45) is 5.92 Å². The van der Waals surface area contributed by atoms with Crippen molar-refractivity contribution in [1.82, 2.24) is 0 Å². The van der Waals surface area contributed by atoms with Gasteiger partial charge in [0.05, 0.1) is 25.2 Å². The predicted octanol–water partition coefficient (Wildman–Crippen LogP) is 8.58. The topological polar surface area (TPSA) is 65.1 Å². The molecule has 0 aliphatic carbocycles. The molecule has 3 aromatic carbocycles. The Hall–Kier alpha value is -3.14. The summed E-state index contributed by atoms with van der Waals surface area (Å²) >= 11 is 2.25. The van der Waals surface area contributed by atoms with Gasteiger partial charge in [0.15, 0.2) is 0 Å². The number of carbonyl (C=O) groups is 2. The molecular formula is C34H39FINO5. The van der Waals surface area contributed by atoms with E-state index < -0.39 is 12.1 Å². The van der Waals surface area contributed by atoms with Crippen molar-refractivity contribution in [2.45, 2.75) is 71.4 Å². The van der Waals surface area contributed by atoms with Crippen molar-refractivity contribution in [3.8, 4) is 11.5 Å². The van der Waals surface area contributed by atoms with E-state index in [0.29, 0.717) is 37.4 Å². The van der Waals surface area contributed by atoms with E-state index in [4.69, 9.17) is 14.2 Å². The molecule has 1 amide bonds. The standard InChI is InChI=1S/C34H39FINO5/c1-4-6-20-40-28-16-17-29(32(22-28)41-21-7-5-2)33-30(34(39)37(33)27-14-12-26(36)13-15-27)18-19-31(42-23(3)38)24-8-10-25(35)11-9-24/h8-17,22,30-31,33H,4-7,18-21H2,1-3H3/t30?,31-,33+/m0/s1. The Morgan fingerprint density at radius 1 is 0.952 bits per heavy atom. The number of nitrogens with zero attached hydrogens (tertiary/aromatic N) is 1. The highest BCUT2D eigenvalue weighted by molar-refractivity contribution is 14.1. The smallest absolute Gasteiger partial charge is 0.303 e. The lowest BCUT2D eigenvalue weighted by Gasteiger charge is -2.48. The first kappa shape index (κ1) is 31.8. The van der Waals surface area contributed by atoms with Gasteiger partial charge >= 0.3 is 5.97 Å². The third-order valence-corrected chi connectivity index (χ3v) is 8.15. The van der Waals surface area contributed by atoms with Crippen molar-refractivity contribution < 1.29 is 28.2 Å². The number of anilines is 1. The van der Waals surface area contributed by atoms with E-state index in [0.717, 1.165) is 46.3 Å². The quantitative estimate of drug-likeness (QED) is 0.0694. The van der Waals surface area contributed by atoms with Crippen molar-refractivity contribution in [3.05, 3.63) is 87.2 Å². The number of β-lactam (4-membered cyclic amide) rings is 1. The van der Waals surface area contributed by atoms with Crippen LogP contribution >= 0.6 is 22.6 Å². The molecule has 0 aromatic heterocycles. The highest BCUT2D eigenvalue weighted by atomic mass is 127. The molecule has 4 rings (SSSR count). The van der Waals surface area contributed by atoms with Gasteiger partial charge in [-0.3, -0.25) is 9.59 Å². The molecular weight excluding hydrogens is 648 g/mol. The van der Waals surface area contributed by atoms with Gasteiger partial charge < -0.3 is 19.1 Å². The summed E-state index contributed by atoms with van der Waals surface area (Å²) in [5, 5.41) is 0. The Morgan fingerprint density at radius 3 is 2.26 bits per heavy atom. The van der Waals surface area contributed by atoms with Crippen LogP contribution in [0.5, 0.6) is 11.5 Å². The van der Waals surface area contributed by atoms with E-state index >= 15 is 0 Å². The molecule has 3 atom stereocenters. The largest absolute Gasteiger partial charge is 0.493 e. The summed E-state index contributed by atoms with van der Waals surface area (Å²) in [5.74, 6) is 0.318. The average Bonchev–Trinajstić information content (AvgIpc) is 2.97. The fourth-order valence-electron chi connectivity index (χ4n) is 5.21. The van der Waals surface area contributed by atoms with Crippen LogP contribution in [0.3, 0.4) is 0 Å². The van der Waals surface area contributed by atoms with E-state index in [1.165, 1.54) is 19.1 Å². The van der Waals surface area contributed by atoms with Gasteiger partial charge in [-0.05, 0) is 102 Å². The maximum atomic E-state index is 13.8. The van der Waals surface area contributed by atoms with Gasteiger partial charge in [0.1, 0.15) is 23.4 Å². The van der Waals surface area contributed by atoms with Crippen LogP contribution in [0.25, 0.3) is 0 Å². The van der Waals surface area contributed by atoms with Gasteiger partial charge in [-0.2, -0.15) is 0 Å². The molecule has 224 valence electrons. The second kappa shape index (κ2) is 15.4. The van der Waals surface area contributed by atoms with Crippen LogP contribution in [-0.4, -0.2) is 25.1 Å². The van der Waals surface area contributed by atoms with Crippen LogP contribution in [0, 0.1) is 15.3 Å². The maximum absolute atomic E-state index is 13.8. The number of esters is 1. The molecule has 1 saturated heterocycles.